The van der Waals surface area contributed by atoms with Gasteiger partial charge in [0.25, 0.3) is 0 Å². The lowest BCUT2D eigenvalue weighted by Crippen LogP contribution is -2.11. The Kier molecular flexibility index (Phi) is 4.53. The molecule has 0 aliphatic carbocycles. The molecular weight excluding hydrogens is 278 g/mol. The molecule has 0 aliphatic heterocycles. The fraction of sp³-hybridized carbons (Fsp3) is 0.214. The van der Waals surface area contributed by atoms with Gasteiger partial charge >= 0.3 is 5.97 Å². The predicted octanol–water partition coefficient (Wildman–Crippen LogP) is 3.36. The molecule has 1 aromatic carbocycles. The molecule has 0 spiro atoms. The van der Waals surface area contributed by atoms with Gasteiger partial charge in [-0.25, -0.2) is 14.8 Å². The quantitative estimate of drug-likeness (QED) is 0.691. The average molecular weight is 292 g/mol. The van der Waals surface area contributed by atoms with Gasteiger partial charge in [-0.15, -0.1) is 0 Å². The molecule has 1 N–H and O–H groups in total. The van der Waals surface area contributed by atoms with Crippen LogP contribution in [0, 0.1) is 6.92 Å². The first kappa shape index (κ1) is 14.3. The smallest absolute Gasteiger partial charge is 0.345 e. The number of hydrogen-bond donors (Lipinski definition) is 1. The number of anilines is 2. The van der Waals surface area contributed by atoms with E-state index in [1.807, 2.05) is 31.2 Å². The molecule has 0 fully saturated rings. The molecule has 0 bridgehead atoms. The number of hydrogen-bond acceptors (Lipinski definition) is 5. The first-order chi connectivity index (χ1) is 9.61. The monoisotopic (exact) mass is 291 g/mol. The van der Waals surface area contributed by atoms with Crippen molar-refractivity contribution in [3.63, 3.8) is 0 Å². The van der Waals surface area contributed by atoms with Gasteiger partial charge in [-0.2, -0.15) is 0 Å². The van der Waals surface area contributed by atoms with E-state index in [4.69, 9.17) is 16.3 Å². The maximum atomic E-state index is 11.9. The van der Waals surface area contributed by atoms with E-state index in [2.05, 4.69) is 15.3 Å². The van der Waals surface area contributed by atoms with Crippen LogP contribution in [0.4, 0.5) is 11.5 Å². The zero-order valence-electron chi connectivity index (χ0n) is 11.2. The van der Waals surface area contributed by atoms with E-state index in [1.54, 1.807) is 6.92 Å². The summed E-state index contributed by atoms with van der Waals surface area (Å²) in [5.74, 6) is -0.222. The second-order valence-corrected chi connectivity index (χ2v) is 4.46. The summed E-state index contributed by atoms with van der Waals surface area (Å²) in [6, 6.07) is 7.69. The normalized spacial score (nSPS) is 10.2. The van der Waals surface area contributed by atoms with Crippen molar-refractivity contribution in [1.29, 1.82) is 0 Å². The minimum absolute atomic E-state index is 0.0630. The van der Waals surface area contributed by atoms with Gasteiger partial charge in [0.2, 0.25) is 0 Å². The van der Waals surface area contributed by atoms with Crippen LogP contribution in [0.1, 0.15) is 22.8 Å². The Morgan fingerprint density at radius 2 is 2.00 bits per heavy atom. The number of benzene rings is 1. The topological polar surface area (TPSA) is 64.1 Å². The first-order valence-corrected chi connectivity index (χ1v) is 6.51. The van der Waals surface area contributed by atoms with Crippen molar-refractivity contribution in [2.24, 2.45) is 0 Å². The van der Waals surface area contributed by atoms with Crippen LogP contribution in [-0.2, 0) is 4.74 Å². The summed E-state index contributed by atoms with van der Waals surface area (Å²) in [5.41, 5.74) is 2.08. The Labute approximate surface area is 122 Å². The molecule has 1 aromatic heterocycles. The lowest BCUT2D eigenvalue weighted by Gasteiger charge is -2.11. The van der Waals surface area contributed by atoms with Crippen molar-refractivity contribution >= 4 is 29.1 Å². The summed E-state index contributed by atoms with van der Waals surface area (Å²) in [4.78, 5) is 19.8. The van der Waals surface area contributed by atoms with E-state index in [-0.39, 0.29) is 17.3 Å². The fourth-order valence-electron chi connectivity index (χ4n) is 1.62. The molecule has 0 aliphatic rings. The fourth-order valence-corrected chi connectivity index (χ4v) is 1.83. The highest BCUT2D eigenvalue weighted by Crippen LogP contribution is 2.24. The molecular formula is C14H14ClN3O2. The Hall–Kier alpha value is -2.14. The minimum Gasteiger partial charge on any atom is -0.462 e. The van der Waals surface area contributed by atoms with Crippen LogP contribution < -0.4 is 5.32 Å². The maximum Gasteiger partial charge on any atom is 0.345 e. The molecule has 5 nitrogen and oxygen atoms in total. The highest BCUT2D eigenvalue weighted by Gasteiger charge is 2.19. The third-order valence-corrected chi connectivity index (χ3v) is 2.88. The van der Waals surface area contributed by atoms with Crippen molar-refractivity contribution in [2.45, 2.75) is 13.8 Å². The number of nitrogens with zero attached hydrogens (tertiary/aromatic N) is 2. The van der Waals surface area contributed by atoms with Gasteiger partial charge in [-0.05, 0) is 26.0 Å². The Bertz CT molecular complexity index is 614. The highest BCUT2D eigenvalue weighted by atomic mass is 35.5. The molecule has 0 amide bonds. The van der Waals surface area contributed by atoms with Crippen LogP contribution in [0.25, 0.3) is 0 Å². The summed E-state index contributed by atoms with van der Waals surface area (Å²) in [6.45, 7) is 3.98. The molecule has 20 heavy (non-hydrogen) atoms. The number of ether oxygens (including phenoxy) is 1. The van der Waals surface area contributed by atoms with Gasteiger partial charge in [-0.1, -0.05) is 29.3 Å². The number of aromatic nitrogens is 2. The van der Waals surface area contributed by atoms with E-state index in [0.29, 0.717) is 5.82 Å². The average Bonchev–Trinajstić information content (AvgIpc) is 2.42. The summed E-state index contributed by atoms with van der Waals surface area (Å²) >= 11 is 5.96. The molecule has 2 rings (SSSR count). The van der Waals surface area contributed by atoms with Crippen LogP contribution in [0.3, 0.4) is 0 Å². The molecule has 0 saturated carbocycles. The molecule has 6 heteroatoms. The van der Waals surface area contributed by atoms with E-state index in [1.165, 1.54) is 6.33 Å². The molecule has 2 aromatic rings. The zero-order valence-corrected chi connectivity index (χ0v) is 11.9. The lowest BCUT2D eigenvalue weighted by atomic mass is 10.2. The van der Waals surface area contributed by atoms with E-state index in [0.717, 1.165) is 11.3 Å². The minimum atomic E-state index is -0.548. The largest absolute Gasteiger partial charge is 0.462 e. The molecule has 0 saturated heterocycles. The summed E-state index contributed by atoms with van der Waals surface area (Å²) in [7, 11) is 0. The third-order valence-electron chi connectivity index (χ3n) is 2.59. The Morgan fingerprint density at radius 3 is 2.65 bits per heavy atom. The summed E-state index contributed by atoms with van der Waals surface area (Å²) in [5, 5.41) is 3.11. The van der Waals surface area contributed by atoms with E-state index < -0.39 is 5.97 Å². The molecule has 0 radical (unpaired) electrons. The van der Waals surface area contributed by atoms with Crippen LogP contribution in [-0.4, -0.2) is 22.5 Å². The number of halogens is 1. The van der Waals surface area contributed by atoms with Crippen molar-refractivity contribution in [2.75, 3.05) is 11.9 Å². The van der Waals surface area contributed by atoms with Gasteiger partial charge in [0, 0.05) is 5.69 Å². The third kappa shape index (κ3) is 3.24. The summed E-state index contributed by atoms with van der Waals surface area (Å²) in [6.07, 6.45) is 1.29. The standard InChI is InChI=1S/C14H14ClN3O2/c1-3-20-14(19)11-12(15)16-8-17-13(11)18-10-6-4-9(2)5-7-10/h4-8H,3H2,1-2H3,(H,16,17,18). The Morgan fingerprint density at radius 1 is 1.30 bits per heavy atom. The van der Waals surface area contributed by atoms with Crippen molar-refractivity contribution in [1.82, 2.24) is 9.97 Å². The number of esters is 1. The van der Waals surface area contributed by atoms with Crippen LogP contribution >= 0.6 is 11.6 Å². The van der Waals surface area contributed by atoms with Crippen molar-refractivity contribution < 1.29 is 9.53 Å². The maximum absolute atomic E-state index is 11.9. The molecule has 0 atom stereocenters. The summed E-state index contributed by atoms with van der Waals surface area (Å²) < 4.78 is 4.96. The van der Waals surface area contributed by atoms with Gasteiger partial charge in [0.15, 0.2) is 0 Å². The zero-order chi connectivity index (χ0) is 14.5. The second-order valence-electron chi connectivity index (χ2n) is 4.10. The molecule has 1 heterocycles. The SMILES string of the molecule is CCOC(=O)c1c(Cl)ncnc1Nc1ccc(C)cc1. The predicted molar refractivity (Wildman–Crippen MR) is 77.5 cm³/mol. The van der Waals surface area contributed by atoms with E-state index in [9.17, 15) is 4.79 Å². The van der Waals surface area contributed by atoms with Crippen LogP contribution in [0.5, 0.6) is 0 Å². The first-order valence-electron chi connectivity index (χ1n) is 6.13. The molecule has 0 unspecified atom stereocenters. The number of nitrogens with one attached hydrogen (secondary N) is 1. The van der Waals surface area contributed by atoms with Gasteiger partial charge in [-0.3, -0.25) is 0 Å². The van der Waals surface area contributed by atoms with E-state index >= 15 is 0 Å². The number of carbonyl (C=O) groups excluding carboxylic acids is 1. The van der Waals surface area contributed by atoms with Gasteiger partial charge in [0.1, 0.15) is 22.9 Å². The lowest BCUT2D eigenvalue weighted by molar-refractivity contribution is 0.0527. The number of carbonyl (C=O) groups is 1. The van der Waals surface area contributed by atoms with Gasteiger partial charge in [0.05, 0.1) is 6.61 Å². The van der Waals surface area contributed by atoms with Crippen molar-refractivity contribution in [3.05, 3.63) is 46.9 Å². The van der Waals surface area contributed by atoms with Crippen LogP contribution in [0.15, 0.2) is 30.6 Å². The highest BCUT2D eigenvalue weighted by molar-refractivity contribution is 6.33. The number of rotatable bonds is 4. The molecule has 104 valence electrons. The van der Waals surface area contributed by atoms with Gasteiger partial charge < -0.3 is 10.1 Å². The number of aryl methyl sites for hydroxylation is 1. The second kappa shape index (κ2) is 6.34. The van der Waals surface area contributed by atoms with Crippen molar-refractivity contribution in [3.8, 4) is 0 Å². The van der Waals surface area contributed by atoms with Crippen LogP contribution in [0.2, 0.25) is 5.15 Å². The Balaban J connectivity index is 2.34.